The minimum Gasteiger partial charge on any atom is -0.497 e. The zero-order chi connectivity index (χ0) is 17.1. The van der Waals surface area contributed by atoms with Gasteiger partial charge < -0.3 is 15.4 Å². The van der Waals surface area contributed by atoms with Crippen LogP contribution in [-0.2, 0) is 11.3 Å². The van der Waals surface area contributed by atoms with Crippen LogP contribution in [0.5, 0.6) is 5.75 Å². The molecule has 0 unspecified atom stereocenters. The van der Waals surface area contributed by atoms with Gasteiger partial charge in [0.25, 0.3) is 0 Å². The molecule has 1 amide bonds. The van der Waals surface area contributed by atoms with Gasteiger partial charge in [0.1, 0.15) is 5.75 Å². The van der Waals surface area contributed by atoms with Gasteiger partial charge in [-0.2, -0.15) is 0 Å². The van der Waals surface area contributed by atoms with Crippen molar-refractivity contribution in [1.29, 1.82) is 0 Å². The molecule has 1 aliphatic heterocycles. The minimum absolute atomic E-state index is 0.109. The number of rotatable bonds is 4. The number of methoxy groups -OCH3 is 1. The first kappa shape index (κ1) is 16.7. The highest BCUT2D eigenvalue weighted by atomic mass is 16.5. The molecular formula is C19H25N3O2. The van der Waals surface area contributed by atoms with Crippen molar-refractivity contribution >= 4 is 16.7 Å². The first-order valence-electron chi connectivity index (χ1n) is 8.32. The van der Waals surface area contributed by atoms with Crippen molar-refractivity contribution in [2.75, 3.05) is 40.3 Å². The average Bonchev–Trinajstić information content (AvgIpc) is 2.76. The first-order chi connectivity index (χ1) is 11.5. The van der Waals surface area contributed by atoms with Gasteiger partial charge in [0.05, 0.1) is 13.0 Å². The lowest BCUT2D eigenvalue weighted by Crippen LogP contribution is -2.37. The van der Waals surface area contributed by atoms with Crippen molar-refractivity contribution in [3.8, 4) is 5.75 Å². The number of ether oxygens (including phenoxy) is 1. The van der Waals surface area contributed by atoms with E-state index < -0.39 is 0 Å². The lowest BCUT2D eigenvalue weighted by Gasteiger charge is -2.22. The molecule has 2 aromatic rings. The summed E-state index contributed by atoms with van der Waals surface area (Å²) < 4.78 is 5.28. The molecule has 0 aromatic heterocycles. The molecule has 0 bridgehead atoms. The predicted molar refractivity (Wildman–Crippen MR) is 96.0 cm³/mol. The van der Waals surface area contributed by atoms with Crippen LogP contribution in [-0.4, -0.2) is 56.0 Å². The molecule has 5 heteroatoms. The van der Waals surface area contributed by atoms with E-state index in [0.29, 0.717) is 0 Å². The van der Waals surface area contributed by atoms with Gasteiger partial charge in [0, 0.05) is 32.7 Å². The summed E-state index contributed by atoms with van der Waals surface area (Å²) in [6.07, 6.45) is 0. The monoisotopic (exact) mass is 327 g/mol. The van der Waals surface area contributed by atoms with Crippen LogP contribution in [0.1, 0.15) is 5.56 Å². The molecule has 3 rings (SSSR count). The van der Waals surface area contributed by atoms with Crippen LogP contribution in [0.3, 0.4) is 0 Å². The first-order valence-corrected chi connectivity index (χ1v) is 8.32. The molecule has 5 nitrogen and oxygen atoms in total. The quantitative estimate of drug-likeness (QED) is 0.928. The van der Waals surface area contributed by atoms with Crippen molar-refractivity contribution in [1.82, 2.24) is 9.80 Å². The van der Waals surface area contributed by atoms with Crippen molar-refractivity contribution < 1.29 is 9.53 Å². The third kappa shape index (κ3) is 3.86. The molecule has 128 valence electrons. The number of carbonyl (C=O) groups is 1. The highest BCUT2D eigenvalue weighted by Crippen LogP contribution is 2.23. The Morgan fingerprint density at radius 1 is 1.17 bits per heavy atom. The van der Waals surface area contributed by atoms with Gasteiger partial charge in [0.15, 0.2) is 0 Å². The molecule has 0 aliphatic carbocycles. The molecule has 2 N–H and O–H groups in total. The zero-order valence-electron chi connectivity index (χ0n) is 14.4. The average molecular weight is 327 g/mol. The van der Waals surface area contributed by atoms with E-state index in [1.807, 2.05) is 19.2 Å². The lowest BCUT2D eigenvalue weighted by atomic mass is 10.1. The summed E-state index contributed by atoms with van der Waals surface area (Å²) in [5.74, 6) is 0.552. The number of carbonyl (C=O) groups excluding carboxylic acids is 1. The van der Waals surface area contributed by atoms with Crippen molar-refractivity contribution in [3.63, 3.8) is 0 Å². The molecule has 24 heavy (non-hydrogen) atoms. The number of nitrogens with two attached hydrogens (primary N) is 1. The van der Waals surface area contributed by atoms with E-state index >= 15 is 0 Å². The van der Waals surface area contributed by atoms with Crippen LogP contribution in [0.4, 0.5) is 0 Å². The van der Waals surface area contributed by atoms with E-state index in [2.05, 4.69) is 34.1 Å². The van der Waals surface area contributed by atoms with E-state index in [4.69, 9.17) is 10.5 Å². The summed E-state index contributed by atoms with van der Waals surface area (Å²) in [6.45, 7) is 4.19. The standard InChI is InChI=1S/C19H25N3O2/c1-21-7-8-22(13-17(12-21)19(20)23)11-14-3-4-16-10-18(24-2)6-5-15(16)9-14/h3-6,9-10,17H,7-8,11-13H2,1-2H3,(H2,20,23)/t17-/m1/s1. The molecule has 1 fully saturated rings. The molecule has 1 heterocycles. The van der Waals surface area contributed by atoms with E-state index in [1.165, 1.54) is 16.3 Å². The molecule has 1 saturated heterocycles. The summed E-state index contributed by atoms with van der Waals surface area (Å²) in [6, 6.07) is 12.6. The van der Waals surface area contributed by atoms with Crippen LogP contribution >= 0.6 is 0 Å². The fourth-order valence-electron chi connectivity index (χ4n) is 3.32. The molecule has 0 saturated carbocycles. The second kappa shape index (κ2) is 7.20. The number of hydrogen-bond acceptors (Lipinski definition) is 4. The zero-order valence-corrected chi connectivity index (χ0v) is 14.4. The summed E-state index contributed by atoms with van der Waals surface area (Å²) in [5, 5.41) is 2.37. The van der Waals surface area contributed by atoms with Crippen LogP contribution in [0.25, 0.3) is 10.8 Å². The van der Waals surface area contributed by atoms with Crippen molar-refractivity contribution in [3.05, 3.63) is 42.0 Å². The van der Waals surface area contributed by atoms with Crippen LogP contribution in [0.15, 0.2) is 36.4 Å². The fourth-order valence-corrected chi connectivity index (χ4v) is 3.32. The number of nitrogens with zero attached hydrogens (tertiary/aromatic N) is 2. The van der Waals surface area contributed by atoms with Crippen molar-refractivity contribution in [2.24, 2.45) is 11.7 Å². The van der Waals surface area contributed by atoms with Gasteiger partial charge in [-0.25, -0.2) is 0 Å². The minimum atomic E-state index is -0.209. The Kier molecular flexibility index (Phi) is 5.02. The highest BCUT2D eigenvalue weighted by molar-refractivity contribution is 5.84. The van der Waals surface area contributed by atoms with Gasteiger partial charge in [-0.1, -0.05) is 18.2 Å². The maximum atomic E-state index is 11.6. The molecule has 1 aliphatic rings. The number of primary amides is 1. The molecule has 0 radical (unpaired) electrons. The Hall–Kier alpha value is -2.11. The van der Waals surface area contributed by atoms with Crippen molar-refractivity contribution in [2.45, 2.75) is 6.54 Å². The second-order valence-corrected chi connectivity index (χ2v) is 6.64. The summed E-state index contributed by atoms with van der Waals surface area (Å²) >= 11 is 0. The Bertz CT molecular complexity index is 732. The molecule has 1 atom stereocenters. The van der Waals surface area contributed by atoms with Gasteiger partial charge in [-0.15, -0.1) is 0 Å². The summed E-state index contributed by atoms with van der Waals surface area (Å²) in [7, 11) is 3.73. The maximum absolute atomic E-state index is 11.6. The van der Waals surface area contributed by atoms with Gasteiger partial charge >= 0.3 is 0 Å². The maximum Gasteiger partial charge on any atom is 0.223 e. The van der Waals surface area contributed by atoms with Crippen LogP contribution in [0, 0.1) is 5.92 Å². The van der Waals surface area contributed by atoms with Crippen LogP contribution < -0.4 is 10.5 Å². The molecule has 2 aromatic carbocycles. The Morgan fingerprint density at radius 2 is 1.92 bits per heavy atom. The third-order valence-corrected chi connectivity index (χ3v) is 4.73. The Labute approximate surface area is 143 Å². The topological polar surface area (TPSA) is 58.8 Å². The smallest absolute Gasteiger partial charge is 0.223 e. The van der Waals surface area contributed by atoms with E-state index in [0.717, 1.165) is 38.5 Å². The number of fused-ring (bicyclic) bond motifs is 1. The predicted octanol–water partition coefficient (Wildman–Crippen LogP) is 1.70. The summed E-state index contributed by atoms with van der Waals surface area (Å²) in [5.41, 5.74) is 6.80. The second-order valence-electron chi connectivity index (χ2n) is 6.64. The Balaban J connectivity index is 1.76. The number of benzene rings is 2. The highest BCUT2D eigenvalue weighted by Gasteiger charge is 2.24. The van der Waals surface area contributed by atoms with E-state index in [9.17, 15) is 4.79 Å². The van der Waals surface area contributed by atoms with E-state index in [-0.39, 0.29) is 11.8 Å². The normalized spacial score (nSPS) is 20.0. The number of amides is 1. The largest absolute Gasteiger partial charge is 0.497 e. The van der Waals surface area contributed by atoms with Gasteiger partial charge in [-0.05, 0) is 41.6 Å². The van der Waals surface area contributed by atoms with Crippen LogP contribution in [0.2, 0.25) is 0 Å². The number of hydrogen-bond donors (Lipinski definition) is 1. The summed E-state index contributed by atoms with van der Waals surface area (Å²) in [4.78, 5) is 16.1. The Morgan fingerprint density at radius 3 is 2.67 bits per heavy atom. The van der Waals surface area contributed by atoms with Gasteiger partial charge in [-0.3, -0.25) is 9.69 Å². The lowest BCUT2D eigenvalue weighted by molar-refractivity contribution is -0.122. The van der Waals surface area contributed by atoms with Gasteiger partial charge in [0.2, 0.25) is 5.91 Å². The molecular weight excluding hydrogens is 302 g/mol. The number of likely N-dealkylation sites (N-methyl/N-ethyl adjacent to an activating group) is 1. The third-order valence-electron chi connectivity index (χ3n) is 4.73. The van der Waals surface area contributed by atoms with E-state index in [1.54, 1.807) is 7.11 Å². The molecule has 0 spiro atoms. The fraction of sp³-hybridized carbons (Fsp3) is 0.421. The SMILES string of the molecule is COc1ccc2cc(CN3CCN(C)C[C@@H](C(N)=O)C3)ccc2c1.